The van der Waals surface area contributed by atoms with Gasteiger partial charge in [-0.2, -0.15) is 0 Å². The molecule has 0 bridgehead atoms. The highest BCUT2D eigenvalue weighted by Crippen LogP contribution is 2.28. The second-order valence-corrected chi connectivity index (χ2v) is 3.43. The van der Waals surface area contributed by atoms with Crippen molar-refractivity contribution in [1.82, 2.24) is 5.32 Å². The molecule has 1 rings (SSSR count). The number of nitrogens with one attached hydrogen (secondary N) is 1. The molecule has 11 heavy (non-hydrogen) atoms. The van der Waals surface area contributed by atoms with E-state index < -0.39 is 0 Å². The molecule has 1 aliphatic rings. The van der Waals surface area contributed by atoms with Crippen molar-refractivity contribution in [2.24, 2.45) is 0 Å². The van der Waals surface area contributed by atoms with Gasteiger partial charge in [0.2, 0.25) is 5.91 Å². The zero-order valence-corrected chi connectivity index (χ0v) is 7.44. The van der Waals surface area contributed by atoms with E-state index in [1.165, 1.54) is 0 Å². The highest BCUT2D eigenvalue weighted by Gasteiger charge is 2.34. The first-order chi connectivity index (χ1) is 5.22. The molecule has 0 radical (unpaired) electrons. The topological polar surface area (TPSA) is 29.1 Å². The maximum absolute atomic E-state index is 11.0. The van der Waals surface area contributed by atoms with Crippen molar-refractivity contribution in [2.75, 3.05) is 0 Å². The number of amides is 1. The Labute approximate surface area is 68.4 Å². The lowest BCUT2D eigenvalue weighted by Gasteiger charge is -2.26. The van der Waals surface area contributed by atoms with E-state index in [0.29, 0.717) is 0 Å². The Morgan fingerprint density at radius 2 is 2.27 bits per heavy atom. The molecule has 0 saturated carbocycles. The fourth-order valence-electron chi connectivity index (χ4n) is 1.88. The third-order valence-corrected chi connectivity index (χ3v) is 2.64. The highest BCUT2D eigenvalue weighted by atomic mass is 16.2. The van der Waals surface area contributed by atoms with Crippen LogP contribution in [0.25, 0.3) is 0 Å². The zero-order chi connectivity index (χ0) is 8.32. The fourth-order valence-corrected chi connectivity index (χ4v) is 1.88. The molecular formula is C9H17NO. The van der Waals surface area contributed by atoms with Crippen molar-refractivity contribution >= 4 is 5.91 Å². The third kappa shape index (κ3) is 1.73. The molecule has 1 fully saturated rings. The van der Waals surface area contributed by atoms with Crippen LogP contribution in [0, 0.1) is 0 Å². The molecule has 2 nitrogen and oxygen atoms in total. The minimum Gasteiger partial charge on any atom is -0.351 e. The molecular weight excluding hydrogens is 138 g/mol. The maximum atomic E-state index is 11.0. The molecule has 2 heteroatoms. The fraction of sp³-hybridized carbons (Fsp3) is 0.889. The summed E-state index contributed by atoms with van der Waals surface area (Å²) in [7, 11) is 0. The lowest BCUT2D eigenvalue weighted by Crippen LogP contribution is -2.40. The first-order valence-electron chi connectivity index (χ1n) is 4.53. The van der Waals surface area contributed by atoms with Crippen molar-refractivity contribution in [2.45, 2.75) is 51.5 Å². The Bertz CT molecular complexity index is 156. The quantitative estimate of drug-likeness (QED) is 0.662. The van der Waals surface area contributed by atoms with Gasteiger partial charge in [-0.25, -0.2) is 0 Å². The van der Waals surface area contributed by atoms with Crippen LogP contribution in [0.15, 0.2) is 0 Å². The van der Waals surface area contributed by atoms with Gasteiger partial charge in [-0.3, -0.25) is 4.79 Å². The molecule has 1 amide bonds. The van der Waals surface area contributed by atoms with Gasteiger partial charge in [0, 0.05) is 12.0 Å². The summed E-state index contributed by atoms with van der Waals surface area (Å²) in [6, 6.07) is 0. The summed E-state index contributed by atoms with van der Waals surface area (Å²) in [4.78, 5) is 11.0. The van der Waals surface area contributed by atoms with E-state index in [9.17, 15) is 4.79 Å². The third-order valence-electron chi connectivity index (χ3n) is 2.64. The Balaban J connectivity index is 2.54. The average molecular weight is 155 g/mol. The molecule has 1 atom stereocenters. The number of hydrogen-bond acceptors (Lipinski definition) is 1. The second-order valence-electron chi connectivity index (χ2n) is 3.43. The Kier molecular flexibility index (Phi) is 2.53. The Morgan fingerprint density at radius 3 is 2.64 bits per heavy atom. The van der Waals surface area contributed by atoms with Crippen LogP contribution in [0.4, 0.5) is 0 Å². The minimum absolute atomic E-state index is 0.159. The second kappa shape index (κ2) is 3.24. The van der Waals surface area contributed by atoms with Gasteiger partial charge >= 0.3 is 0 Å². The molecule has 0 spiro atoms. The predicted octanol–water partition coefficient (Wildman–Crippen LogP) is 1.85. The van der Waals surface area contributed by atoms with Gasteiger partial charge in [-0.15, -0.1) is 0 Å². The number of hydrogen-bond donors (Lipinski definition) is 1. The van der Waals surface area contributed by atoms with Crippen LogP contribution in [-0.2, 0) is 4.79 Å². The van der Waals surface area contributed by atoms with Gasteiger partial charge in [0.05, 0.1) is 0 Å². The summed E-state index contributed by atoms with van der Waals surface area (Å²) in [5, 5.41) is 3.08. The van der Waals surface area contributed by atoms with Gasteiger partial charge < -0.3 is 5.32 Å². The molecule has 64 valence electrons. The number of carbonyl (C=O) groups is 1. The molecule has 1 N–H and O–H groups in total. The van der Waals surface area contributed by atoms with E-state index >= 15 is 0 Å². The summed E-state index contributed by atoms with van der Waals surface area (Å²) in [6.45, 7) is 4.32. The van der Waals surface area contributed by atoms with Gasteiger partial charge in [-0.1, -0.05) is 20.3 Å². The van der Waals surface area contributed by atoms with E-state index in [2.05, 4.69) is 19.2 Å². The Morgan fingerprint density at radius 1 is 1.55 bits per heavy atom. The van der Waals surface area contributed by atoms with Crippen LogP contribution in [0.2, 0.25) is 0 Å². The number of carbonyl (C=O) groups excluding carboxylic acids is 1. The first kappa shape index (κ1) is 8.57. The van der Waals surface area contributed by atoms with Crippen molar-refractivity contribution in [3.05, 3.63) is 0 Å². The predicted molar refractivity (Wildman–Crippen MR) is 45.3 cm³/mol. The van der Waals surface area contributed by atoms with Crippen LogP contribution < -0.4 is 5.32 Å². The van der Waals surface area contributed by atoms with Crippen LogP contribution >= 0.6 is 0 Å². The van der Waals surface area contributed by atoms with Gasteiger partial charge in [-0.05, 0) is 19.3 Å². The molecule has 1 aliphatic heterocycles. The summed E-state index contributed by atoms with van der Waals surface area (Å²) in [5.74, 6) is 0.236. The van der Waals surface area contributed by atoms with Crippen LogP contribution in [-0.4, -0.2) is 11.4 Å². The Hall–Kier alpha value is -0.530. The van der Waals surface area contributed by atoms with Crippen LogP contribution in [0.3, 0.4) is 0 Å². The molecule has 1 saturated heterocycles. The molecule has 0 aromatic rings. The maximum Gasteiger partial charge on any atom is 0.220 e. The van der Waals surface area contributed by atoms with Crippen LogP contribution in [0.1, 0.15) is 46.0 Å². The van der Waals surface area contributed by atoms with Crippen molar-refractivity contribution in [1.29, 1.82) is 0 Å². The minimum atomic E-state index is 0.159. The van der Waals surface area contributed by atoms with E-state index in [1.54, 1.807) is 0 Å². The van der Waals surface area contributed by atoms with Crippen molar-refractivity contribution in [3.63, 3.8) is 0 Å². The van der Waals surface area contributed by atoms with E-state index in [1.807, 2.05) is 0 Å². The zero-order valence-electron chi connectivity index (χ0n) is 7.44. The van der Waals surface area contributed by atoms with Crippen LogP contribution in [0.5, 0.6) is 0 Å². The molecule has 0 aliphatic carbocycles. The molecule has 0 aromatic carbocycles. The van der Waals surface area contributed by atoms with Gasteiger partial charge in [0.15, 0.2) is 0 Å². The normalized spacial score (nSPS) is 30.5. The molecule has 1 unspecified atom stereocenters. The van der Waals surface area contributed by atoms with E-state index in [0.717, 1.165) is 32.1 Å². The monoisotopic (exact) mass is 155 g/mol. The summed E-state index contributed by atoms with van der Waals surface area (Å²) < 4.78 is 0. The van der Waals surface area contributed by atoms with Gasteiger partial charge in [0.1, 0.15) is 0 Å². The lowest BCUT2D eigenvalue weighted by molar-refractivity contribution is -0.119. The van der Waals surface area contributed by atoms with Gasteiger partial charge in [0.25, 0.3) is 0 Å². The largest absolute Gasteiger partial charge is 0.351 e. The average Bonchev–Trinajstić information content (AvgIpc) is 2.34. The SMILES string of the molecule is CCCC1(CC)CCC(=O)N1. The summed E-state index contributed by atoms with van der Waals surface area (Å²) in [6.07, 6.45) is 5.14. The molecule has 0 aromatic heterocycles. The van der Waals surface area contributed by atoms with Crippen molar-refractivity contribution < 1.29 is 4.79 Å². The standard InChI is InChI=1S/C9H17NO/c1-3-6-9(4-2)7-5-8(11)10-9/h3-7H2,1-2H3,(H,10,11). The smallest absolute Gasteiger partial charge is 0.220 e. The molecule has 1 heterocycles. The summed E-state index contributed by atoms with van der Waals surface area (Å²) >= 11 is 0. The highest BCUT2D eigenvalue weighted by molar-refractivity contribution is 5.79. The first-order valence-corrected chi connectivity index (χ1v) is 4.53. The van der Waals surface area contributed by atoms with E-state index in [-0.39, 0.29) is 11.4 Å². The number of rotatable bonds is 3. The summed E-state index contributed by atoms with van der Waals surface area (Å²) in [5.41, 5.74) is 0.159. The van der Waals surface area contributed by atoms with E-state index in [4.69, 9.17) is 0 Å². The van der Waals surface area contributed by atoms with Crippen molar-refractivity contribution in [3.8, 4) is 0 Å². The lowest BCUT2D eigenvalue weighted by atomic mass is 9.89.